The topological polar surface area (TPSA) is 29.5 Å². The summed E-state index contributed by atoms with van der Waals surface area (Å²) >= 11 is 0. The van der Waals surface area contributed by atoms with Crippen molar-refractivity contribution in [3.63, 3.8) is 0 Å². The molecule has 2 unspecified atom stereocenters. The highest BCUT2D eigenvalue weighted by molar-refractivity contribution is 4.92. The summed E-state index contributed by atoms with van der Waals surface area (Å²) in [6.45, 7) is 7.23. The number of hydrogen-bond acceptors (Lipinski definition) is 2. The molecule has 2 heteroatoms. The molecule has 0 bridgehead atoms. The van der Waals surface area contributed by atoms with Crippen LogP contribution < -0.4 is 0 Å². The van der Waals surface area contributed by atoms with E-state index in [9.17, 15) is 5.11 Å². The van der Waals surface area contributed by atoms with Crippen LogP contribution in [0.1, 0.15) is 19.8 Å². The second-order valence-corrected chi connectivity index (χ2v) is 3.35. The quantitative estimate of drug-likeness (QED) is 0.625. The fraction of sp³-hybridized carbons (Fsp3) is 0.778. The first-order chi connectivity index (χ1) is 5.20. The molecule has 64 valence electrons. The van der Waals surface area contributed by atoms with Crippen molar-refractivity contribution in [3.8, 4) is 0 Å². The predicted molar refractivity (Wildman–Crippen MR) is 44.4 cm³/mol. The van der Waals surface area contributed by atoms with Gasteiger partial charge in [-0.1, -0.05) is 5.57 Å². The first-order valence-electron chi connectivity index (χ1n) is 4.10. The van der Waals surface area contributed by atoms with Crippen LogP contribution in [0.2, 0.25) is 0 Å². The molecular weight excluding hydrogens is 140 g/mol. The van der Waals surface area contributed by atoms with Gasteiger partial charge in [0.25, 0.3) is 0 Å². The molecule has 1 N–H and O–H groups in total. The Kier molecular flexibility index (Phi) is 3.09. The Morgan fingerprint density at radius 3 is 3.00 bits per heavy atom. The van der Waals surface area contributed by atoms with Gasteiger partial charge in [0.05, 0.1) is 12.7 Å². The number of hydrogen-bond donors (Lipinski definition) is 1. The molecule has 1 rings (SSSR count). The van der Waals surface area contributed by atoms with Gasteiger partial charge in [-0.3, -0.25) is 0 Å². The first-order valence-corrected chi connectivity index (χ1v) is 4.10. The van der Waals surface area contributed by atoms with E-state index in [1.54, 1.807) is 0 Å². The zero-order chi connectivity index (χ0) is 8.27. The molecular formula is C9H16O2. The molecule has 2 atom stereocenters. The van der Waals surface area contributed by atoms with E-state index in [1.165, 1.54) is 0 Å². The molecule has 0 radical (unpaired) electrons. The first kappa shape index (κ1) is 8.75. The van der Waals surface area contributed by atoms with Gasteiger partial charge in [-0.2, -0.15) is 0 Å². The second-order valence-electron chi connectivity index (χ2n) is 3.35. The van der Waals surface area contributed by atoms with Crippen LogP contribution in [0.3, 0.4) is 0 Å². The minimum atomic E-state index is -0.241. The van der Waals surface area contributed by atoms with Crippen molar-refractivity contribution in [1.82, 2.24) is 0 Å². The van der Waals surface area contributed by atoms with Gasteiger partial charge >= 0.3 is 0 Å². The number of aliphatic hydroxyl groups excluding tert-OH is 1. The normalized spacial score (nSPS) is 26.9. The molecule has 1 fully saturated rings. The van der Waals surface area contributed by atoms with Crippen LogP contribution in [-0.2, 0) is 4.74 Å². The third-order valence-corrected chi connectivity index (χ3v) is 2.07. The molecule has 0 aliphatic carbocycles. The third kappa shape index (κ3) is 2.64. The van der Waals surface area contributed by atoms with Crippen LogP contribution in [0.25, 0.3) is 0 Å². The SMILES string of the molecule is C=C(C)CC(O)C1CCOC1. The molecule has 1 heterocycles. The monoisotopic (exact) mass is 156 g/mol. The highest BCUT2D eigenvalue weighted by Gasteiger charge is 2.23. The lowest BCUT2D eigenvalue weighted by Crippen LogP contribution is -2.20. The summed E-state index contributed by atoms with van der Waals surface area (Å²) in [7, 11) is 0. The third-order valence-electron chi connectivity index (χ3n) is 2.07. The summed E-state index contributed by atoms with van der Waals surface area (Å²) in [5.41, 5.74) is 1.05. The van der Waals surface area contributed by atoms with Crippen molar-refractivity contribution in [2.75, 3.05) is 13.2 Å². The lowest BCUT2D eigenvalue weighted by atomic mass is 9.97. The number of rotatable bonds is 3. The molecule has 0 aromatic rings. The predicted octanol–water partition coefficient (Wildman–Crippen LogP) is 1.35. The maximum Gasteiger partial charge on any atom is 0.0628 e. The zero-order valence-electron chi connectivity index (χ0n) is 7.05. The fourth-order valence-electron chi connectivity index (χ4n) is 1.38. The van der Waals surface area contributed by atoms with Crippen LogP contribution in [0, 0.1) is 5.92 Å². The molecule has 1 aliphatic rings. The molecule has 2 nitrogen and oxygen atoms in total. The zero-order valence-corrected chi connectivity index (χ0v) is 7.05. The maximum atomic E-state index is 9.58. The van der Waals surface area contributed by atoms with Crippen LogP contribution in [0.5, 0.6) is 0 Å². The summed E-state index contributed by atoms with van der Waals surface area (Å²) < 4.78 is 5.17. The highest BCUT2D eigenvalue weighted by Crippen LogP contribution is 2.20. The summed E-state index contributed by atoms with van der Waals surface area (Å²) in [4.78, 5) is 0. The van der Waals surface area contributed by atoms with E-state index in [0.717, 1.165) is 18.6 Å². The number of ether oxygens (including phenoxy) is 1. The summed E-state index contributed by atoms with van der Waals surface area (Å²) in [6, 6.07) is 0. The Morgan fingerprint density at radius 1 is 1.82 bits per heavy atom. The fourth-order valence-corrected chi connectivity index (χ4v) is 1.38. The standard InChI is InChI=1S/C9H16O2/c1-7(2)5-9(10)8-3-4-11-6-8/h8-10H,1,3-6H2,2H3. The van der Waals surface area contributed by atoms with Crippen molar-refractivity contribution >= 4 is 0 Å². The van der Waals surface area contributed by atoms with Crippen molar-refractivity contribution in [2.45, 2.75) is 25.9 Å². The molecule has 11 heavy (non-hydrogen) atoms. The largest absolute Gasteiger partial charge is 0.392 e. The number of aliphatic hydroxyl groups is 1. The van der Waals surface area contributed by atoms with Gasteiger partial charge in [0.15, 0.2) is 0 Å². The smallest absolute Gasteiger partial charge is 0.0628 e. The van der Waals surface area contributed by atoms with E-state index in [4.69, 9.17) is 4.74 Å². The summed E-state index contributed by atoms with van der Waals surface area (Å²) in [5, 5.41) is 9.58. The van der Waals surface area contributed by atoms with Gasteiger partial charge in [0, 0.05) is 12.5 Å². The molecule has 0 saturated carbocycles. The van der Waals surface area contributed by atoms with Gasteiger partial charge in [0.1, 0.15) is 0 Å². The Bertz CT molecular complexity index is 136. The minimum Gasteiger partial charge on any atom is -0.392 e. The van der Waals surface area contributed by atoms with Crippen molar-refractivity contribution in [3.05, 3.63) is 12.2 Å². The summed E-state index contributed by atoms with van der Waals surface area (Å²) in [5.74, 6) is 0.340. The van der Waals surface area contributed by atoms with Gasteiger partial charge < -0.3 is 9.84 Å². The highest BCUT2D eigenvalue weighted by atomic mass is 16.5. The van der Waals surface area contributed by atoms with Gasteiger partial charge in [-0.25, -0.2) is 0 Å². The van der Waals surface area contributed by atoms with Gasteiger partial charge in [-0.15, -0.1) is 6.58 Å². The maximum absolute atomic E-state index is 9.58. The molecule has 1 saturated heterocycles. The van der Waals surface area contributed by atoms with Crippen molar-refractivity contribution < 1.29 is 9.84 Å². The van der Waals surface area contributed by atoms with E-state index in [1.807, 2.05) is 6.92 Å². The Morgan fingerprint density at radius 2 is 2.55 bits per heavy atom. The lowest BCUT2D eigenvalue weighted by Gasteiger charge is -2.15. The molecule has 0 spiro atoms. The lowest BCUT2D eigenvalue weighted by molar-refractivity contribution is 0.0919. The van der Waals surface area contributed by atoms with Crippen LogP contribution in [0.4, 0.5) is 0 Å². The van der Waals surface area contributed by atoms with Gasteiger partial charge in [0.2, 0.25) is 0 Å². The van der Waals surface area contributed by atoms with Crippen LogP contribution in [0.15, 0.2) is 12.2 Å². The molecule has 1 aliphatic heterocycles. The molecule has 0 aromatic heterocycles. The van der Waals surface area contributed by atoms with E-state index >= 15 is 0 Å². The summed E-state index contributed by atoms with van der Waals surface area (Å²) in [6.07, 6.45) is 1.47. The van der Waals surface area contributed by atoms with Gasteiger partial charge in [-0.05, 0) is 19.8 Å². The van der Waals surface area contributed by atoms with Crippen LogP contribution >= 0.6 is 0 Å². The van der Waals surface area contributed by atoms with E-state index < -0.39 is 0 Å². The van der Waals surface area contributed by atoms with Crippen LogP contribution in [-0.4, -0.2) is 24.4 Å². The molecule has 0 amide bonds. The molecule has 0 aromatic carbocycles. The van der Waals surface area contributed by atoms with E-state index in [0.29, 0.717) is 18.9 Å². The van der Waals surface area contributed by atoms with Crippen molar-refractivity contribution in [1.29, 1.82) is 0 Å². The minimum absolute atomic E-state index is 0.241. The van der Waals surface area contributed by atoms with Crippen molar-refractivity contribution in [2.24, 2.45) is 5.92 Å². The Balaban J connectivity index is 2.28. The Labute approximate surface area is 67.9 Å². The van der Waals surface area contributed by atoms with E-state index in [-0.39, 0.29) is 6.10 Å². The Hall–Kier alpha value is -0.340. The second kappa shape index (κ2) is 3.88. The van der Waals surface area contributed by atoms with E-state index in [2.05, 4.69) is 6.58 Å². The average molecular weight is 156 g/mol. The average Bonchev–Trinajstić information content (AvgIpc) is 2.35.